The van der Waals surface area contributed by atoms with E-state index in [1.165, 1.54) is 5.56 Å². The number of carbonyl (C=O) groups is 1. The molecule has 0 saturated carbocycles. The minimum Gasteiger partial charge on any atom is -0.493 e. The van der Waals surface area contributed by atoms with Gasteiger partial charge in [-0.25, -0.2) is 4.68 Å². The summed E-state index contributed by atoms with van der Waals surface area (Å²) in [6, 6.07) is 15.7. The number of aromatic nitrogens is 2. The molecule has 4 rings (SSSR count). The van der Waals surface area contributed by atoms with Gasteiger partial charge in [-0.1, -0.05) is 12.1 Å². The first kappa shape index (κ1) is 15.4. The van der Waals surface area contributed by atoms with Gasteiger partial charge < -0.3 is 10.1 Å². The molecule has 1 N–H and O–H groups in total. The van der Waals surface area contributed by atoms with Gasteiger partial charge in [0.1, 0.15) is 5.75 Å². The van der Waals surface area contributed by atoms with Crippen LogP contribution in [0.25, 0.3) is 5.69 Å². The van der Waals surface area contributed by atoms with E-state index in [0.29, 0.717) is 18.7 Å². The average molecular weight is 333 g/mol. The summed E-state index contributed by atoms with van der Waals surface area (Å²) in [6.07, 6.45) is 5.34. The Kier molecular flexibility index (Phi) is 4.21. The first-order valence-corrected chi connectivity index (χ1v) is 8.42. The molecule has 2 heterocycles. The van der Waals surface area contributed by atoms with Crippen molar-refractivity contribution in [3.63, 3.8) is 0 Å². The standard InChI is InChI=1S/C20H19N3O2/c24-20(17-4-7-19-16(14-17)9-13-25-19)21-11-8-15-2-5-18(6-3-15)23-12-1-10-22-23/h1-7,10,12,14H,8-9,11,13H2,(H,21,24). The molecule has 1 aliphatic rings. The third-order valence-corrected chi connectivity index (χ3v) is 4.36. The second kappa shape index (κ2) is 6.81. The van der Waals surface area contributed by atoms with Gasteiger partial charge in [0.15, 0.2) is 0 Å². The summed E-state index contributed by atoms with van der Waals surface area (Å²) in [5.74, 6) is 0.858. The number of carbonyl (C=O) groups excluding carboxylic acids is 1. The van der Waals surface area contributed by atoms with Crippen molar-refractivity contribution in [2.45, 2.75) is 12.8 Å². The van der Waals surface area contributed by atoms with E-state index in [1.54, 1.807) is 6.20 Å². The Labute approximate surface area is 146 Å². The van der Waals surface area contributed by atoms with E-state index in [0.717, 1.165) is 29.8 Å². The Morgan fingerprint density at radius 2 is 2.08 bits per heavy atom. The van der Waals surface area contributed by atoms with Crippen LogP contribution in [0, 0.1) is 0 Å². The zero-order valence-electron chi connectivity index (χ0n) is 13.8. The lowest BCUT2D eigenvalue weighted by Crippen LogP contribution is -2.25. The fourth-order valence-corrected chi connectivity index (χ4v) is 2.99. The number of rotatable bonds is 5. The lowest BCUT2D eigenvalue weighted by atomic mass is 10.1. The maximum atomic E-state index is 12.3. The molecule has 5 heteroatoms. The zero-order valence-corrected chi connectivity index (χ0v) is 13.8. The number of benzene rings is 2. The zero-order chi connectivity index (χ0) is 17.1. The number of amides is 1. The molecule has 1 aliphatic heterocycles. The van der Waals surface area contributed by atoms with Gasteiger partial charge in [0, 0.05) is 30.9 Å². The predicted octanol–water partition coefficient (Wildman–Crippen LogP) is 2.78. The van der Waals surface area contributed by atoms with Gasteiger partial charge in [-0.2, -0.15) is 5.10 Å². The van der Waals surface area contributed by atoms with Gasteiger partial charge in [0.25, 0.3) is 5.91 Å². The lowest BCUT2D eigenvalue weighted by molar-refractivity contribution is 0.0954. The number of ether oxygens (including phenoxy) is 1. The van der Waals surface area contributed by atoms with Crippen molar-refractivity contribution in [3.05, 3.63) is 77.6 Å². The van der Waals surface area contributed by atoms with Crippen LogP contribution in [-0.4, -0.2) is 28.8 Å². The number of nitrogens with one attached hydrogen (secondary N) is 1. The van der Waals surface area contributed by atoms with E-state index in [4.69, 9.17) is 4.74 Å². The van der Waals surface area contributed by atoms with E-state index < -0.39 is 0 Å². The minimum absolute atomic E-state index is 0.0390. The van der Waals surface area contributed by atoms with Crippen LogP contribution in [0.4, 0.5) is 0 Å². The third-order valence-electron chi connectivity index (χ3n) is 4.36. The molecule has 1 aromatic heterocycles. The molecule has 0 fully saturated rings. The molecule has 0 atom stereocenters. The van der Waals surface area contributed by atoms with Crippen LogP contribution in [0.5, 0.6) is 5.75 Å². The molecule has 1 amide bonds. The fourth-order valence-electron chi connectivity index (χ4n) is 2.99. The van der Waals surface area contributed by atoms with Crippen LogP contribution >= 0.6 is 0 Å². The molecule has 0 spiro atoms. The van der Waals surface area contributed by atoms with E-state index in [2.05, 4.69) is 22.5 Å². The summed E-state index contributed by atoms with van der Waals surface area (Å²) < 4.78 is 7.29. The van der Waals surface area contributed by atoms with Gasteiger partial charge in [0.05, 0.1) is 12.3 Å². The summed E-state index contributed by atoms with van der Waals surface area (Å²) in [5, 5.41) is 7.19. The van der Waals surface area contributed by atoms with E-state index >= 15 is 0 Å². The van der Waals surface area contributed by atoms with Crippen LogP contribution in [0.1, 0.15) is 21.5 Å². The maximum absolute atomic E-state index is 12.3. The third kappa shape index (κ3) is 3.40. The van der Waals surface area contributed by atoms with E-state index in [9.17, 15) is 4.79 Å². The summed E-state index contributed by atoms with van der Waals surface area (Å²) in [7, 11) is 0. The van der Waals surface area contributed by atoms with Crippen LogP contribution in [0.2, 0.25) is 0 Å². The van der Waals surface area contributed by atoms with Crippen molar-refractivity contribution in [3.8, 4) is 11.4 Å². The Hall–Kier alpha value is -3.08. The normalized spacial score (nSPS) is 12.5. The molecule has 0 unspecified atom stereocenters. The predicted molar refractivity (Wildman–Crippen MR) is 95.2 cm³/mol. The molecule has 25 heavy (non-hydrogen) atoms. The number of fused-ring (bicyclic) bond motifs is 1. The lowest BCUT2D eigenvalue weighted by Gasteiger charge is -2.08. The van der Waals surface area contributed by atoms with Gasteiger partial charge in [-0.15, -0.1) is 0 Å². The first-order valence-electron chi connectivity index (χ1n) is 8.42. The maximum Gasteiger partial charge on any atom is 0.251 e. The van der Waals surface area contributed by atoms with Gasteiger partial charge in [-0.3, -0.25) is 4.79 Å². The molecule has 126 valence electrons. The smallest absolute Gasteiger partial charge is 0.251 e. The molecule has 0 bridgehead atoms. The molecule has 0 saturated heterocycles. The summed E-state index contributed by atoms with van der Waals surface area (Å²) in [4.78, 5) is 12.3. The van der Waals surface area contributed by atoms with Gasteiger partial charge in [-0.05, 0) is 53.9 Å². The van der Waals surface area contributed by atoms with E-state index in [1.807, 2.05) is 47.3 Å². The summed E-state index contributed by atoms with van der Waals surface area (Å²) in [6.45, 7) is 1.31. The number of nitrogens with zero attached hydrogens (tertiary/aromatic N) is 2. The Balaban J connectivity index is 1.32. The summed E-state index contributed by atoms with van der Waals surface area (Å²) in [5.41, 5.74) is 4.01. The molecular weight excluding hydrogens is 314 g/mol. The number of hydrogen-bond acceptors (Lipinski definition) is 3. The number of hydrogen-bond donors (Lipinski definition) is 1. The Morgan fingerprint density at radius 3 is 2.88 bits per heavy atom. The highest BCUT2D eigenvalue weighted by Gasteiger charge is 2.14. The topological polar surface area (TPSA) is 56.2 Å². The van der Waals surface area contributed by atoms with Crippen molar-refractivity contribution >= 4 is 5.91 Å². The molecule has 0 aliphatic carbocycles. The Morgan fingerprint density at radius 1 is 1.20 bits per heavy atom. The van der Waals surface area contributed by atoms with Crippen molar-refractivity contribution in [2.24, 2.45) is 0 Å². The molecule has 3 aromatic rings. The SMILES string of the molecule is O=C(NCCc1ccc(-n2cccn2)cc1)c1ccc2c(c1)CCO2. The summed E-state index contributed by atoms with van der Waals surface area (Å²) >= 11 is 0. The van der Waals surface area contributed by atoms with Crippen LogP contribution in [0.15, 0.2) is 60.9 Å². The first-order chi connectivity index (χ1) is 12.3. The largest absolute Gasteiger partial charge is 0.493 e. The van der Waals surface area contributed by atoms with Gasteiger partial charge >= 0.3 is 0 Å². The average Bonchev–Trinajstić information content (AvgIpc) is 3.33. The second-order valence-corrected chi connectivity index (χ2v) is 6.04. The van der Waals surface area contributed by atoms with Crippen LogP contribution < -0.4 is 10.1 Å². The van der Waals surface area contributed by atoms with Crippen molar-refractivity contribution in [1.29, 1.82) is 0 Å². The highest BCUT2D eigenvalue weighted by atomic mass is 16.5. The quantitative estimate of drug-likeness (QED) is 0.781. The highest BCUT2D eigenvalue weighted by Crippen LogP contribution is 2.25. The van der Waals surface area contributed by atoms with E-state index in [-0.39, 0.29) is 5.91 Å². The molecular formula is C20H19N3O2. The highest BCUT2D eigenvalue weighted by molar-refractivity contribution is 5.94. The van der Waals surface area contributed by atoms with Crippen molar-refractivity contribution in [1.82, 2.24) is 15.1 Å². The Bertz CT molecular complexity index is 870. The van der Waals surface area contributed by atoms with Crippen molar-refractivity contribution in [2.75, 3.05) is 13.2 Å². The molecule has 5 nitrogen and oxygen atoms in total. The van der Waals surface area contributed by atoms with Gasteiger partial charge in [0.2, 0.25) is 0 Å². The molecule has 0 radical (unpaired) electrons. The van der Waals surface area contributed by atoms with Crippen LogP contribution in [-0.2, 0) is 12.8 Å². The minimum atomic E-state index is -0.0390. The fraction of sp³-hybridized carbons (Fsp3) is 0.200. The monoisotopic (exact) mass is 333 g/mol. The van der Waals surface area contributed by atoms with Crippen LogP contribution in [0.3, 0.4) is 0 Å². The second-order valence-electron chi connectivity index (χ2n) is 6.04. The van der Waals surface area contributed by atoms with Crippen molar-refractivity contribution < 1.29 is 9.53 Å². The molecule has 2 aromatic carbocycles.